The van der Waals surface area contributed by atoms with Crippen molar-refractivity contribution in [2.24, 2.45) is 0 Å². The van der Waals surface area contributed by atoms with Crippen LogP contribution >= 0.6 is 0 Å². The number of imidazole rings is 1. The van der Waals surface area contributed by atoms with Crippen LogP contribution in [0.4, 0.5) is 0 Å². The normalized spacial score (nSPS) is 21.9. The number of piperidine rings is 1. The number of hydrogen-bond acceptors (Lipinski definition) is 4. The predicted molar refractivity (Wildman–Crippen MR) is 89.2 cm³/mol. The molecule has 0 N–H and O–H groups in total. The molecule has 4 rings (SSSR count). The molecule has 2 aliphatic rings. The number of hydrogen-bond donors (Lipinski definition) is 0. The van der Waals surface area contributed by atoms with Crippen LogP contribution in [0.1, 0.15) is 50.6 Å². The van der Waals surface area contributed by atoms with E-state index in [0.717, 1.165) is 38.1 Å². The number of rotatable bonds is 4. The summed E-state index contributed by atoms with van der Waals surface area (Å²) < 4.78 is 8.47. The van der Waals surface area contributed by atoms with Crippen LogP contribution in [-0.2, 0) is 11.3 Å². The Kier molecular flexibility index (Phi) is 4.57. The third-order valence-electron chi connectivity index (χ3n) is 5.25. The van der Waals surface area contributed by atoms with Crippen molar-refractivity contribution in [3.63, 3.8) is 0 Å². The molecule has 5 nitrogen and oxygen atoms in total. The number of ether oxygens (including phenoxy) is 1. The van der Waals surface area contributed by atoms with Crippen molar-refractivity contribution < 1.29 is 4.74 Å². The van der Waals surface area contributed by atoms with E-state index in [1.54, 1.807) is 0 Å². The summed E-state index contributed by atoms with van der Waals surface area (Å²) in [5.74, 6) is 0. The van der Waals surface area contributed by atoms with E-state index in [1.165, 1.54) is 37.8 Å². The lowest BCUT2D eigenvalue weighted by molar-refractivity contribution is -0.0567. The molecule has 0 spiro atoms. The van der Waals surface area contributed by atoms with Crippen LogP contribution in [0.3, 0.4) is 0 Å². The lowest BCUT2D eigenvalue weighted by atomic mass is 9.97. The van der Waals surface area contributed by atoms with Crippen molar-refractivity contribution in [1.29, 1.82) is 0 Å². The third-order valence-corrected chi connectivity index (χ3v) is 5.25. The minimum Gasteiger partial charge on any atom is -0.375 e. The molecule has 2 fully saturated rings. The van der Waals surface area contributed by atoms with Gasteiger partial charge < -0.3 is 4.74 Å². The van der Waals surface area contributed by atoms with Crippen LogP contribution in [0.2, 0.25) is 0 Å². The highest BCUT2D eigenvalue weighted by Gasteiger charge is 2.24. The van der Waals surface area contributed by atoms with E-state index >= 15 is 0 Å². The van der Waals surface area contributed by atoms with Gasteiger partial charge >= 0.3 is 0 Å². The summed E-state index contributed by atoms with van der Waals surface area (Å²) in [6.45, 7) is 3.20. The molecule has 1 saturated carbocycles. The monoisotopic (exact) mass is 314 g/mol. The molecular formula is C18H26N4O. The maximum atomic E-state index is 6.33. The van der Waals surface area contributed by atoms with E-state index in [-0.39, 0.29) is 0 Å². The average Bonchev–Trinajstić information content (AvgIpc) is 3.01. The van der Waals surface area contributed by atoms with Gasteiger partial charge in [0.15, 0.2) is 5.65 Å². The van der Waals surface area contributed by atoms with Crippen molar-refractivity contribution in [2.75, 3.05) is 13.1 Å². The van der Waals surface area contributed by atoms with E-state index in [9.17, 15) is 0 Å². The maximum Gasteiger partial charge on any atom is 0.155 e. The van der Waals surface area contributed by atoms with Gasteiger partial charge in [0.25, 0.3) is 0 Å². The van der Waals surface area contributed by atoms with Crippen LogP contribution in [-0.4, -0.2) is 44.6 Å². The summed E-state index contributed by atoms with van der Waals surface area (Å²) in [5, 5.41) is 0. The topological polar surface area (TPSA) is 42.7 Å². The van der Waals surface area contributed by atoms with Crippen molar-refractivity contribution in [3.05, 3.63) is 30.5 Å². The second-order valence-corrected chi connectivity index (χ2v) is 6.93. The fourth-order valence-electron chi connectivity index (χ4n) is 3.92. The molecule has 0 radical (unpaired) electrons. The zero-order valence-electron chi connectivity index (χ0n) is 13.7. The summed E-state index contributed by atoms with van der Waals surface area (Å²) in [6, 6.07) is 0. The second kappa shape index (κ2) is 6.97. The first-order chi connectivity index (χ1) is 11.4. The predicted octanol–water partition coefficient (Wildman–Crippen LogP) is 3.04. The summed E-state index contributed by atoms with van der Waals surface area (Å²) in [5.41, 5.74) is 2.17. The second-order valence-electron chi connectivity index (χ2n) is 6.93. The van der Waals surface area contributed by atoms with Gasteiger partial charge in [0.05, 0.1) is 30.3 Å². The van der Waals surface area contributed by atoms with E-state index in [2.05, 4.69) is 19.3 Å². The van der Waals surface area contributed by atoms with E-state index in [1.807, 2.05) is 24.8 Å². The first kappa shape index (κ1) is 15.1. The molecule has 1 saturated heterocycles. The highest BCUT2D eigenvalue weighted by atomic mass is 16.5. The molecule has 3 heterocycles. The minimum atomic E-state index is 0.473. The lowest BCUT2D eigenvalue weighted by Gasteiger charge is -2.34. The SMILES string of the molecule is c1cn2c(CN3CCC(OC4CCCCC4)CC3)cnc2cn1. The summed E-state index contributed by atoms with van der Waals surface area (Å²) in [4.78, 5) is 11.1. The van der Waals surface area contributed by atoms with Gasteiger partial charge in [0.2, 0.25) is 0 Å². The van der Waals surface area contributed by atoms with E-state index in [4.69, 9.17) is 4.74 Å². The highest BCUT2D eigenvalue weighted by molar-refractivity contribution is 5.36. The Morgan fingerprint density at radius 2 is 1.78 bits per heavy atom. The van der Waals surface area contributed by atoms with Crippen LogP contribution in [0.15, 0.2) is 24.8 Å². The molecule has 0 bridgehead atoms. The highest BCUT2D eigenvalue weighted by Crippen LogP contribution is 2.25. The molecule has 0 aromatic carbocycles. The first-order valence-corrected chi connectivity index (χ1v) is 9.02. The molecule has 124 valence electrons. The van der Waals surface area contributed by atoms with Gasteiger partial charge in [0.1, 0.15) is 0 Å². The Labute approximate surface area is 137 Å². The summed E-state index contributed by atoms with van der Waals surface area (Å²) in [6.07, 6.45) is 17.6. The van der Waals surface area contributed by atoms with Gasteiger partial charge in [-0.2, -0.15) is 0 Å². The lowest BCUT2D eigenvalue weighted by Crippen LogP contribution is -2.38. The molecule has 0 atom stereocenters. The van der Waals surface area contributed by atoms with E-state index in [0.29, 0.717) is 12.2 Å². The van der Waals surface area contributed by atoms with Crippen LogP contribution in [0.25, 0.3) is 5.65 Å². The number of aromatic nitrogens is 3. The Hall–Kier alpha value is -1.46. The van der Waals surface area contributed by atoms with Crippen LogP contribution in [0.5, 0.6) is 0 Å². The van der Waals surface area contributed by atoms with E-state index < -0.39 is 0 Å². The number of fused-ring (bicyclic) bond motifs is 1. The van der Waals surface area contributed by atoms with Crippen LogP contribution in [0, 0.1) is 0 Å². The van der Waals surface area contributed by atoms with Crippen LogP contribution < -0.4 is 0 Å². The fourth-order valence-corrected chi connectivity index (χ4v) is 3.92. The summed E-state index contributed by atoms with van der Waals surface area (Å²) >= 11 is 0. The number of nitrogens with zero attached hydrogens (tertiary/aromatic N) is 4. The van der Waals surface area contributed by atoms with Gasteiger partial charge in [0, 0.05) is 32.0 Å². The zero-order chi connectivity index (χ0) is 15.5. The molecule has 0 amide bonds. The van der Waals surface area contributed by atoms with Crippen molar-refractivity contribution in [2.45, 2.75) is 63.7 Å². The van der Waals surface area contributed by atoms with Gasteiger partial charge in [-0.05, 0) is 25.7 Å². The third kappa shape index (κ3) is 3.56. The molecular weight excluding hydrogens is 288 g/mol. The number of likely N-dealkylation sites (tertiary alicyclic amines) is 1. The Morgan fingerprint density at radius 3 is 2.61 bits per heavy atom. The molecule has 5 heteroatoms. The minimum absolute atomic E-state index is 0.473. The maximum absolute atomic E-state index is 6.33. The molecule has 23 heavy (non-hydrogen) atoms. The van der Waals surface area contributed by atoms with Gasteiger partial charge in [-0.25, -0.2) is 4.98 Å². The Morgan fingerprint density at radius 1 is 1.00 bits per heavy atom. The first-order valence-electron chi connectivity index (χ1n) is 9.02. The zero-order valence-corrected chi connectivity index (χ0v) is 13.7. The van der Waals surface area contributed by atoms with Crippen molar-refractivity contribution >= 4 is 5.65 Å². The Balaban J connectivity index is 1.29. The smallest absolute Gasteiger partial charge is 0.155 e. The molecule has 2 aromatic heterocycles. The molecule has 2 aromatic rings. The molecule has 1 aliphatic carbocycles. The molecule has 1 aliphatic heterocycles. The molecule has 0 unspecified atom stereocenters. The van der Waals surface area contributed by atoms with Crippen molar-refractivity contribution in [3.8, 4) is 0 Å². The summed E-state index contributed by atoms with van der Waals surface area (Å²) in [7, 11) is 0. The Bertz CT molecular complexity index is 627. The fraction of sp³-hybridized carbons (Fsp3) is 0.667. The quantitative estimate of drug-likeness (QED) is 0.870. The van der Waals surface area contributed by atoms with Gasteiger partial charge in [-0.1, -0.05) is 19.3 Å². The largest absolute Gasteiger partial charge is 0.375 e. The van der Waals surface area contributed by atoms with Crippen molar-refractivity contribution in [1.82, 2.24) is 19.3 Å². The average molecular weight is 314 g/mol. The standard InChI is InChI=1S/C18H26N4O/c1-2-4-16(5-3-1)23-17-6-9-21(10-7-17)14-15-12-20-18-13-19-8-11-22(15)18/h8,11-13,16-17H,1-7,9-10,14H2. The van der Waals surface area contributed by atoms with Gasteiger partial charge in [-0.3, -0.25) is 14.3 Å². The van der Waals surface area contributed by atoms with Gasteiger partial charge in [-0.15, -0.1) is 0 Å².